The lowest BCUT2D eigenvalue weighted by Crippen LogP contribution is -2.26. The molecule has 0 amide bonds. The summed E-state index contributed by atoms with van der Waals surface area (Å²) in [5.74, 6) is 0. The summed E-state index contributed by atoms with van der Waals surface area (Å²) in [6, 6.07) is 131. The summed E-state index contributed by atoms with van der Waals surface area (Å²) in [4.78, 5) is 2.51. The van der Waals surface area contributed by atoms with Crippen LogP contribution in [0.15, 0.2) is 352 Å². The second-order valence-corrected chi connectivity index (χ2v) is 24.3. The second kappa shape index (κ2) is 21.2. The van der Waals surface area contributed by atoms with Crippen LogP contribution in [0.1, 0.15) is 22.3 Å². The molecule has 0 aliphatic heterocycles. The monoisotopic (exact) mass is 1150 g/mol. The molecule has 18 rings (SSSR count). The van der Waals surface area contributed by atoms with E-state index in [1.165, 1.54) is 111 Å². The Balaban J connectivity index is 0.750. The number of para-hydroxylation sites is 2. The molecular formula is C89H58N2. The first-order valence-corrected chi connectivity index (χ1v) is 31.5. The minimum atomic E-state index is -0.478. The predicted molar refractivity (Wildman–Crippen MR) is 382 cm³/mol. The highest BCUT2D eigenvalue weighted by Gasteiger charge is 2.51. The molecule has 1 spiro atoms. The van der Waals surface area contributed by atoms with Crippen molar-refractivity contribution in [1.29, 1.82) is 0 Å². The van der Waals surface area contributed by atoms with Crippen molar-refractivity contribution in [3.63, 3.8) is 0 Å². The molecule has 15 aromatic carbocycles. The van der Waals surface area contributed by atoms with Crippen LogP contribution in [-0.2, 0) is 5.41 Å². The maximum absolute atomic E-state index is 2.51. The van der Waals surface area contributed by atoms with Crippen LogP contribution in [-0.4, -0.2) is 4.57 Å². The quantitative estimate of drug-likeness (QED) is 0.132. The Labute approximate surface area is 530 Å². The topological polar surface area (TPSA) is 8.17 Å². The lowest BCUT2D eigenvalue weighted by Gasteiger charge is -2.33. The molecule has 2 aliphatic carbocycles. The van der Waals surface area contributed by atoms with Crippen LogP contribution in [0.5, 0.6) is 0 Å². The molecular weight excluding hydrogens is 1100 g/mol. The van der Waals surface area contributed by atoms with Crippen molar-refractivity contribution < 1.29 is 0 Å². The molecule has 0 fully saturated rings. The number of hydrogen-bond acceptors (Lipinski definition) is 1. The Bertz CT molecular complexity index is 5450. The van der Waals surface area contributed by atoms with E-state index >= 15 is 0 Å². The van der Waals surface area contributed by atoms with Crippen molar-refractivity contribution in [1.82, 2.24) is 4.57 Å². The highest BCUT2D eigenvalue weighted by molar-refractivity contribution is 6.11. The Morgan fingerprint density at radius 1 is 0.220 bits per heavy atom. The third-order valence-electron chi connectivity index (χ3n) is 19.4. The predicted octanol–water partition coefficient (Wildman–Crippen LogP) is 23.8. The number of rotatable bonds is 10. The highest BCUT2D eigenvalue weighted by atomic mass is 15.1. The smallest absolute Gasteiger partial charge is 0.0726 e. The summed E-state index contributed by atoms with van der Waals surface area (Å²) in [6.45, 7) is 0. The van der Waals surface area contributed by atoms with E-state index in [-0.39, 0.29) is 0 Å². The van der Waals surface area contributed by atoms with Crippen molar-refractivity contribution in [2.75, 3.05) is 4.90 Å². The van der Waals surface area contributed by atoms with E-state index in [4.69, 9.17) is 0 Å². The fraction of sp³-hybridized carbons (Fsp3) is 0.0112. The second-order valence-electron chi connectivity index (χ2n) is 24.3. The van der Waals surface area contributed by atoms with Gasteiger partial charge in [-0.05, 0) is 178 Å². The van der Waals surface area contributed by atoms with Gasteiger partial charge in [-0.25, -0.2) is 0 Å². The van der Waals surface area contributed by atoms with Gasteiger partial charge in [-0.15, -0.1) is 0 Å². The van der Waals surface area contributed by atoms with E-state index in [0.29, 0.717) is 0 Å². The van der Waals surface area contributed by atoms with Crippen molar-refractivity contribution >= 4 is 49.6 Å². The van der Waals surface area contributed by atoms with Crippen LogP contribution in [0.4, 0.5) is 17.1 Å². The zero-order chi connectivity index (χ0) is 60.0. The molecule has 2 nitrogen and oxygen atoms in total. The highest BCUT2D eigenvalue weighted by Crippen LogP contribution is 2.63. The molecule has 424 valence electrons. The fourth-order valence-electron chi connectivity index (χ4n) is 15.3. The van der Waals surface area contributed by atoms with Gasteiger partial charge in [0.2, 0.25) is 0 Å². The van der Waals surface area contributed by atoms with Gasteiger partial charge in [-0.1, -0.05) is 285 Å². The number of benzene rings is 15. The molecule has 0 atom stereocenters. The SMILES string of the molecule is c1ccc(-c2ccc(-c3cc(-c4cccc(-c5ccccc5)c4)cc(-n4c5ccccc5c5cc(-c6ccc(-c7ccccc7N(c7ccc8c(c7)C7(c9ccccc9-c9ccccc97)c7ccccc7-8)c7cccc8ccccc78)cc6)ccc54)c3)cc2)cc1. The molecule has 0 saturated heterocycles. The Hall–Kier alpha value is -11.8. The lowest BCUT2D eigenvalue weighted by molar-refractivity contribution is 0.793. The lowest BCUT2D eigenvalue weighted by atomic mass is 9.70. The number of aromatic nitrogens is 1. The van der Waals surface area contributed by atoms with Gasteiger partial charge >= 0.3 is 0 Å². The third kappa shape index (κ3) is 8.41. The van der Waals surface area contributed by atoms with E-state index in [9.17, 15) is 0 Å². The summed E-state index contributed by atoms with van der Waals surface area (Å²) in [5, 5.41) is 4.81. The normalized spacial score (nSPS) is 12.5. The molecule has 16 aromatic rings. The average molecular weight is 1160 g/mol. The first-order valence-electron chi connectivity index (χ1n) is 31.5. The summed E-state index contributed by atoms with van der Waals surface area (Å²) in [5.41, 5.74) is 30.9. The summed E-state index contributed by atoms with van der Waals surface area (Å²) >= 11 is 0. The van der Waals surface area contributed by atoms with Crippen LogP contribution in [0.2, 0.25) is 0 Å². The average Bonchev–Trinajstić information content (AvgIpc) is 1.52. The minimum Gasteiger partial charge on any atom is -0.309 e. The van der Waals surface area contributed by atoms with Crippen LogP contribution in [0, 0.1) is 0 Å². The number of hydrogen-bond donors (Lipinski definition) is 0. The minimum absolute atomic E-state index is 0.478. The maximum Gasteiger partial charge on any atom is 0.0726 e. The molecule has 0 unspecified atom stereocenters. The van der Waals surface area contributed by atoms with Crippen molar-refractivity contribution in [3.05, 3.63) is 374 Å². The fourth-order valence-corrected chi connectivity index (χ4v) is 15.3. The summed E-state index contributed by atoms with van der Waals surface area (Å²) < 4.78 is 2.47. The number of fused-ring (bicyclic) bond motifs is 14. The zero-order valence-electron chi connectivity index (χ0n) is 49.9. The molecule has 0 saturated carbocycles. The third-order valence-corrected chi connectivity index (χ3v) is 19.4. The Morgan fingerprint density at radius 3 is 1.32 bits per heavy atom. The standard InChI is InChI=1S/C89H58N2/c1-3-21-59(22-4-1)61-41-43-63(44-42-61)69-54-70(67-28-19-27-66(53-67)60-23-5-2-6-24-60)56-72(55-69)91-87-39-18-13-34-79(87)80-57-68(49-52-88(80)91)62-45-47-65(48-46-62)74-30-12-17-38-85(74)90(86-40-20-26-64-25-7-8-29-73(64)86)71-50-51-78-77-33-11-16-37-83(77)89(84(78)58-71)81-35-14-9-31-75(81)76-32-10-15-36-82(76)89/h1-58H. The van der Waals surface area contributed by atoms with Crippen LogP contribution < -0.4 is 4.90 Å². The number of nitrogens with zero attached hydrogens (tertiary/aromatic N) is 2. The molecule has 2 aliphatic rings. The van der Waals surface area contributed by atoms with E-state index in [2.05, 4.69) is 361 Å². The van der Waals surface area contributed by atoms with Gasteiger partial charge in [-0.3, -0.25) is 0 Å². The van der Waals surface area contributed by atoms with Crippen LogP contribution >= 0.6 is 0 Å². The van der Waals surface area contributed by atoms with Gasteiger partial charge in [0.05, 0.1) is 27.8 Å². The summed E-state index contributed by atoms with van der Waals surface area (Å²) in [6.07, 6.45) is 0. The molecule has 1 aromatic heterocycles. The zero-order valence-corrected chi connectivity index (χ0v) is 49.9. The van der Waals surface area contributed by atoms with Crippen molar-refractivity contribution in [2.45, 2.75) is 5.41 Å². The maximum atomic E-state index is 2.51. The van der Waals surface area contributed by atoms with Gasteiger partial charge in [0.15, 0.2) is 0 Å². The molecule has 0 radical (unpaired) electrons. The molecule has 91 heavy (non-hydrogen) atoms. The Kier molecular flexibility index (Phi) is 12.2. The summed E-state index contributed by atoms with van der Waals surface area (Å²) in [7, 11) is 0. The van der Waals surface area contributed by atoms with Crippen molar-refractivity contribution in [3.8, 4) is 94.7 Å². The van der Waals surface area contributed by atoms with Gasteiger partial charge in [0.25, 0.3) is 0 Å². The first-order chi connectivity index (χ1) is 45.1. The largest absolute Gasteiger partial charge is 0.309 e. The molecule has 2 heteroatoms. The molecule has 0 bridgehead atoms. The van der Waals surface area contributed by atoms with E-state index in [1.54, 1.807) is 0 Å². The van der Waals surface area contributed by atoms with Gasteiger partial charge < -0.3 is 9.47 Å². The van der Waals surface area contributed by atoms with E-state index in [1.807, 2.05) is 0 Å². The molecule has 0 N–H and O–H groups in total. The van der Waals surface area contributed by atoms with Crippen molar-refractivity contribution in [2.24, 2.45) is 0 Å². The first kappa shape index (κ1) is 52.3. The van der Waals surface area contributed by atoms with Crippen LogP contribution in [0.3, 0.4) is 0 Å². The number of anilines is 3. The van der Waals surface area contributed by atoms with Crippen LogP contribution in [0.25, 0.3) is 127 Å². The van der Waals surface area contributed by atoms with E-state index in [0.717, 1.165) is 56.1 Å². The van der Waals surface area contributed by atoms with E-state index < -0.39 is 5.41 Å². The van der Waals surface area contributed by atoms with Gasteiger partial charge in [0, 0.05) is 33.1 Å². The van der Waals surface area contributed by atoms with Gasteiger partial charge in [0.1, 0.15) is 0 Å². The molecule has 1 heterocycles. The van der Waals surface area contributed by atoms with Gasteiger partial charge in [-0.2, -0.15) is 0 Å². The Morgan fingerprint density at radius 2 is 0.637 bits per heavy atom.